The molecule has 1 heterocycles. The summed E-state index contributed by atoms with van der Waals surface area (Å²) in [6, 6.07) is 11.4. The first-order valence-corrected chi connectivity index (χ1v) is 15.5. The minimum atomic E-state index is -4.30. The molecule has 2 atom stereocenters. The molecule has 3 aromatic rings. The number of hydrogen-bond acceptors (Lipinski definition) is 10. The number of hydrogen-bond donors (Lipinski definition) is 4. The van der Waals surface area contributed by atoms with Crippen molar-refractivity contribution in [3.8, 4) is 28.0 Å². The molecule has 3 rings (SSSR count). The van der Waals surface area contributed by atoms with E-state index in [1.807, 2.05) is 6.92 Å². The second kappa shape index (κ2) is 14.6. The molecule has 214 valence electrons. The third kappa shape index (κ3) is 8.26. The van der Waals surface area contributed by atoms with E-state index in [4.69, 9.17) is 30.7 Å². The van der Waals surface area contributed by atoms with Crippen molar-refractivity contribution >= 4 is 29.6 Å². The van der Waals surface area contributed by atoms with Crippen molar-refractivity contribution in [3.05, 3.63) is 65.0 Å². The van der Waals surface area contributed by atoms with Gasteiger partial charge in [0, 0.05) is 15.0 Å². The number of sulfonamides is 1. The van der Waals surface area contributed by atoms with Crippen LogP contribution >= 0.6 is 19.6 Å². The molecule has 0 bridgehead atoms. The van der Waals surface area contributed by atoms with Crippen LogP contribution in [0.15, 0.2) is 46.7 Å². The molecule has 0 saturated carbocycles. The molecule has 6 N–H and O–H groups in total. The minimum absolute atomic E-state index is 0.102. The first-order chi connectivity index (χ1) is 19.1. The van der Waals surface area contributed by atoms with Crippen LogP contribution in [0.5, 0.6) is 11.5 Å². The highest BCUT2D eigenvalue weighted by Gasteiger charge is 2.31. The van der Waals surface area contributed by atoms with E-state index in [9.17, 15) is 22.3 Å². The molecule has 0 aliphatic rings. The number of nitriles is 1. The van der Waals surface area contributed by atoms with Crippen LogP contribution < -0.4 is 25.7 Å². The SMILES string of the molecule is Cc1cc(OCCCN)c(OCCCN)cc1-c1ccc(S(=O)(=O)NC(O[P+](=O)O)c2ccc(C#N)c(F)c2)s1. The molecule has 11 nitrogen and oxygen atoms in total. The fourth-order valence-electron chi connectivity index (χ4n) is 3.52. The van der Waals surface area contributed by atoms with E-state index in [0.29, 0.717) is 61.1 Å². The molecule has 0 saturated heterocycles. The van der Waals surface area contributed by atoms with Gasteiger partial charge in [-0.2, -0.15) is 9.98 Å². The molecule has 2 aromatic carbocycles. The molecule has 0 fully saturated rings. The van der Waals surface area contributed by atoms with E-state index in [1.165, 1.54) is 12.1 Å². The summed E-state index contributed by atoms with van der Waals surface area (Å²) in [5, 5.41) is 8.94. The Morgan fingerprint density at radius 2 is 1.75 bits per heavy atom. The van der Waals surface area contributed by atoms with Gasteiger partial charge >= 0.3 is 8.25 Å². The lowest BCUT2D eigenvalue weighted by atomic mass is 10.1. The highest BCUT2D eigenvalue weighted by molar-refractivity contribution is 7.91. The number of thiophene rings is 1. The molecule has 2 unspecified atom stereocenters. The van der Waals surface area contributed by atoms with Crippen LogP contribution in [0, 0.1) is 24.1 Å². The zero-order valence-corrected chi connectivity index (χ0v) is 24.0. The van der Waals surface area contributed by atoms with Gasteiger partial charge in [0.2, 0.25) is 6.23 Å². The van der Waals surface area contributed by atoms with Gasteiger partial charge in [-0.05, 0) is 80.4 Å². The van der Waals surface area contributed by atoms with E-state index in [0.717, 1.165) is 29.0 Å². The van der Waals surface area contributed by atoms with Gasteiger partial charge in [0.25, 0.3) is 10.0 Å². The summed E-state index contributed by atoms with van der Waals surface area (Å²) in [5.74, 6) is 0.0744. The fourth-order valence-corrected chi connectivity index (χ4v) is 6.44. The van der Waals surface area contributed by atoms with E-state index >= 15 is 0 Å². The zero-order chi connectivity index (χ0) is 29.3. The molecule has 0 radical (unpaired) electrons. The van der Waals surface area contributed by atoms with Crippen molar-refractivity contribution < 1.29 is 36.3 Å². The van der Waals surface area contributed by atoms with Crippen molar-refractivity contribution in [2.45, 2.75) is 30.2 Å². The van der Waals surface area contributed by atoms with Gasteiger partial charge in [-0.25, -0.2) is 12.8 Å². The Morgan fingerprint density at radius 1 is 1.10 bits per heavy atom. The third-order valence-corrected chi connectivity index (χ3v) is 8.89. The Hall–Kier alpha value is -2.99. The maximum atomic E-state index is 14.2. The van der Waals surface area contributed by atoms with Crippen molar-refractivity contribution in [1.29, 1.82) is 5.26 Å². The molecule has 0 aliphatic heterocycles. The Kier molecular flexibility index (Phi) is 11.5. The zero-order valence-electron chi connectivity index (χ0n) is 21.5. The molecule has 40 heavy (non-hydrogen) atoms. The summed E-state index contributed by atoms with van der Waals surface area (Å²) >= 11 is 0.945. The number of nitrogens with one attached hydrogen (secondary N) is 1. The van der Waals surface area contributed by atoms with Crippen LogP contribution in [0.3, 0.4) is 0 Å². The quantitative estimate of drug-likeness (QED) is 0.112. The Bertz CT molecular complexity index is 1490. The van der Waals surface area contributed by atoms with Crippen molar-refractivity contribution in [2.24, 2.45) is 11.5 Å². The van der Waals surface area contributed by atoms with Gasteiger partial charge in [-0.3, -0.25) is 0 Å². The van der Waals surface area contributed by atoms with Crippen LogP contribution in [0.2, 0.25) is 0 Å². The van der Waals surface area contributed by atoms with Gasteiger partial charge in [0.1, 0.15) is 16.1 Å². The van der Waals surface area contributed by atoms with E-state index in [2.05, 4.69) is 4.72 Å². The summed E-state index contributed by atoms with van der Waals surface area (Å²) in [5.41, 5.74) is 12.3. The van der Waals surface area contributed by atoms with Crippen LogP contribution in [0.25, 0.3) is 10.4 Å². The van der Waals surface area contributed by atoms with Crippen molar-refractivity contribution in [2.75, 3.05) is 26.3 Å². The highest BCUT2D eigenvalue weighted by atomic mass is 32.2. The number of halogens is 1. The van der Waals surface area contributed by atoms with Gasteiger partial charge in [0.15, 0.2) is 11.5 Å². The largest absolute Gasteiger partial charge is 0.696 e. The lowest BCUT2D eigenvalue weighted by Crippen LogP contribution is -2.29. The predicted molar refractivity (Wildman–Crippen MR) is 148 cm³/mol. The smallest absolute Gasteiger partial charge is 0.490 e. The molecular weight excluding hydrogens is 582 g/mol. The number of nitrogens with two attached hydrogens (primary N) is 2. The number of benzene rings is 2. The Labute approximate surface area is 236 Å². The Morgan fingerprint density at radius 3 is 2.33 bits per heavy atom. The average Bonchev–Trinajstić information content (AvgIpc) is 3.40. The molecule has 15 heteroatoms. The van der Waals surface area contributed by atoms with E-state index in [1.54, 1.807) is 24.3 Å². The van der Waals surface area contributed by atoms with Crippen LogP contribution in [0.1, 0.15) is 35.8 Å². The van der Waals surface area contributed by atoms with E-state index in [-0.39, 0.29) is 15.3 Å². The monoisotopic (exact) mass is 611 g/mol. The molecule has 0 amide bonds. The third-order valence-electron chi connectivity index (χ3n) is 5.49. The molecule has 0 aliphatic carbocycles. The number of rotatable bonds is 15. The lowest BCUT2D eigenvalue weighted by molar-refractivity contribution is 0.181. The molecule has 0 spiro atoms. The normalized spacial score (nSPS) is 12.6. The highest BCUT2D eigenvalue weighted by Crippen LogP contribution is 2.40. The van der Waals surface area contributed by atoms with Crippen LogP contribution in [-0.4, -0.2) is 39.6 Å². The van der Waals surface area contributed by atoms with Gasteiger partial charge in [-0.1, -0.05) is 10.6 Å². The van der Waals surface area contributed by atoms with Gasteiger partial charge < -0.3 is 20.9 Å². The van der Waals surface area contributed by atoms with E-state index < -0.39 is 30.3 Å². The van der Waals surface area contributed by atoms with Crippen LogP contribution in [-0.2, 0) is 19.1 Å². The average molecular weight is 612 g/mol. The fraction of sp³-hybridized carbons (Fsp3) is 0.320. The summed E-state index contributed by atoms with van der Waals surface area (Å²) in [6.07, 6.45) is -0.405. The van der Waals surface area contributed by atoms with Crippen molar-refractivity contribution in [3.63, 3.8) is 0 Å². The number of aryl methyl sites for hydroxylation is 1. The maximum Gasteiger partial charge on any atom is 0.696 e. The minimum Gasteiger partial charge on any atom is -0.490 e. The van der Waals surface area contributed by atoms with Crippen LogP contribution in [0.4, 0.5) is 4.39 Å². The Balaban J connectivity index is 1.92. The van der Waals surface area contributed by atoms with Crippen molar-refractivity contribution in [1.82, 2.24) is 4.72 Å². The first kappa shape index (κ1) is 31.5. The summed E-state index contributed by atoms with van der Waals surface area (Å²) < 4.78 is 70.6. The van der Waals surface area contributed by atoms with Gasteiger partial charge in [-0.15, -0.1) is 16.2 Å². The topological polar surface area (TPSA) is 187 Å². The maximum absolute atomic E-state index is 14.2. The second-order valence-electron chi connectivity index (χ2n) is 8.41. The lowest BCUT2D eigenvalue weighted by Gasteiger charge is -2.16. The molecule has 1 aromatic heterocycles. The predicted octanol–water partition coefficient (Wildman–Crippen LogP) is 3.83. The summed E-state index contributed by atoms with van der Waals surface area (Å²) in [4.78, 5) is 9.87. The summed E-state index contributed by atoms with van der Waals surface area (Å²) in [7, 11) is -7.56. The second-order valence-corrected chi connectivity index (χ2v) is 12.1. The number of nitrogens with zero attached hydrogens (tertiary/aromatic N) is 1. The number of ether oxygens (including phenoxy) is 2. The molecular formula is C25H29FN4O7PS2+. The summed E-state index contributed by atoms with van der Waals surface area (Å²) in [6.45, 7) is 3.54. The van der Waals surface area contributed by atoms with Gasteiger partial charge in [0.05, 0.1) is 18.8 Å². The standard InChI is InChI=1S/C25H28FN4O7PS2/c1-16-12-21(35-10-2-8-27)22(36-11-3-9-28)14-19(16)23-6-7-24(39-23)40(33,34)30-25(37-38(31)32)17-4-5-18(15-29)20(26)13-17/h4-7,12-14,25,30H,2-3,8-11,27-28H2,1H3/p+1. The first-order valence-electron chi connectivity index (χ1n) is 12.0.